The van der Waals surface area contributed by atoms with Crippen LogP contribution in [0.5, 0.6) is 11.5 Å². The number of carboxylic acid groups (broad SMARTS) is 1. The molecule has 11 heteroatoms. The van der Waals surface area contributed by atoms with Crippen molar-refractivity contribution in [1.82, 2.24) is 14.5 Å². The van der Waals surface area contributed by atoms with E-state index in [1.54, 1.807) is 37.3 Å². The molecule has 4 aromatic rings. The van der Waals surface area contributed by atoms with Crippen molar-refractivity contribution in [3.05, 3.63) is 86.9 Å². The Kier molecular flexibility index (Phi) is 8.15. The van der Waals surface area contributed by atoms with Gasteiger partial charge < -0.3 is 34.7 Å². The molecule has 0 spiro atoms. The van der Waals surface area contributed by atoms with Gasteiger partial charge in [0, 0.05) is 41.1 Å². The van der Waals surface area contributed by atoms with E-state index in [-0.39, 0.29) is 18.7 Å². The Morgan fingerprint density at radius 2 is 1.95 bits per heavy atom. The fourth-order valence-electron chi connectivity index (χ4n) is 4.41. The Hall–Kier alpha value is -4.44. The fourth-order valence-corrected chi connectivity index (χ4v) is 4.64. The highest BCUT2D eigenvalue weighted by Gasteiger charge is 2.22. The number of nitrogens with zero attached hydrogens (tertiary/aromatic N) is 2. The van der Waals surface area contributed by atoms with Crippen molar-refractivity contribution in [2.24, 2.45) is 7.05 Å². The smallest absolute Gasteiger partial charge is 0.319 e. The molecule has 4 rings (SSSR count). The molecule has 4 N–H and O–H groups in total. The summed E-state index contributed by atoms with van der Waals surface area (Å²) >= 11 is 6.38. The number of pyridine rings is 1. The number of aromatic nitrogens is 2. The van der Waals surface area contributed by atoms with Crippen molar-refractivity contribution >= 4 is 40.2 Å². The average Bonchev–Trinajstić information content (AvgIpc) is 3.26. The number of hydrogen-bond donors (Lipinski definition) is 4. The highest BCUT2D eigenvalue weighted by Crippen LogP contribution is 2.29. The van der Waals surface area contributed by atoms with Gasteiger partial charge in [-0.1, -0.05) is 29.8 Å². The number of halogens is 1. The number of nitrogens with one attached hydrogen (secondary N) is 2. The van der Waals surface area contributed by atoms with Gasteiger partial charge in [0.1, 0.15) is 11.5 Å². The van der Waals surface area contributed by atoms with Gasteiger partial charge in [-0.2, -0.15) is 0 Å². The number of carbonyl (C=O) groups is 2. The van der Waals surface area contributed by atoms with E-state index >= 15 is 0 Å². The van der Waals surface area contributed by atoms with E-state index in [9.17, 15) is 24.6 Å². The number of amides is 2. The SMILES string of the molecule is CCOc1cccc(Cl)c1Cn1cc(C)c(O)c(NC(=O)N[C@@H](CC(=O)O)c2ccc3ccn(C)c3c2)c1=O. The summed E-state index contributed by atoms with van der Waals surface area (Å²) in [4.78, 5) is 37.9. The Labute approximate surface area is 229 Å². The van der Waals surface area contributed by atoms with Crippen LogP contribution in [0.1, 0.15) is 36.1 Å². The lowest BCUT2D eigenvalue weighted by Crippen LogP contribution is -2.36. The average molecular weight is 553 g/mol. The first-order valence-electron chi connectivity index (χ1n) is 12.3. The third kappa shape index (κ3) is 6.01. The second kappa shape index (κ2) is 11.5. The molecule has 0 saturated heterocycles. The van der Waals surface area contributed by atoms with Crippen molar-refractivity contribution in [3.63, 3.8) is 0 Å². The molecule has 2 aromatic heterocycles. The number of benzene rings is 2. The molecule has 2 amide bonds. The molecule has 204 valence electrons. The van der Waals surface area contributed by atoms with Gasteiger partial charge in [-0.3, -0.25) is 9.59 Å². The molecule has 2 heterocycles. The van der Waals surface area contributed by atoms with Crippen molar-refractivity contribution in [1.29, 1.82) is 0 Å². The van der Waals surface area contributed by atoms with E-state index in [0.29, 0.717) is 34.1 Å². The van der Waals surface area contributed by atoms with Gasteiger partial charge in [0.05, 0.1) is 25.6 Å². The van der Waals surface area contributed by atoms with Crippen LogP contribution in [0, 0.1) is 6.92 Å². The molecule has 0 saturated carbocycles. The van der Waals surface area contributed by atoms with Crippen LogP contribution < -0.4 is 20.9 Å². The van der Waals surface area contributed by atoms with Crippen LogP contribution in [0.3, 0.4) is 0 Å². The van der Waals surface area contributed by atoms with Crippen LogP contribution in [0.25, 0.3) is 10.9 Å². The minimum Gasteiger partial charge on any atom is -0.505 e. The molecule has 1 atom stereocenters. The van der Waals surface area contributed by atoms with Crippen molar-refractivity contribution in [2.75, 3.05) is 11.9 Å². The number of carboxylic acids is 1. The van der Waals surface area contributed by atoms with E-state index in [1.807, 2.05) is 36.9 Å². The molecular formula is C28H29ClN4O6. The molecule has 10 nitrogen and oxygen atoms in total. The minimum atomic E-state index is -1.11. The number of anilines is 1. The number of carbonyl (C=O) groups excluding carboxylic acids is 1. The summed E-state index contributed by atoms with van der Waals surface area (Å²) < 4.78 is 8.85. The zero-order valence-electron chi connectivity index (χ0n) is 21.7. The monoisotopic (exact) mass is 552 g/mol. The Balaban J connectivity index is 1.63. The maximum absolute atomic E-state index is 13.3. The number of fused-ring (bicyclic) bond motifs is 1. The first-order chi connectivity index (χ1) is 18.6. The predicted octanol–water partition coefficient (Wildman–Crippen LogP) is 4.79. The summed E-state index contributed by atoms with van der Waals surface area (Å²) in [7, 11) is 1.87. The molecule has 0 unspecified atom stereocenters. The third-order valence-corrected chi connectivity index (χ3v) is 6.73. The van der Waals surface area contributed by atoms with Crippen LogP contribution in [-0.4, -0.2) is 38.0 Å². The van der Waals surface area contributed by atoms with Gasteiger partial charge in [0.15, 0.2) is 5.69 Å². The van der Waals surface area contributed by atoms with Crippen LogP contribution in [0.2, 0.25) is 5.02 Å². The number of aromatic hydroxyl groups is 1. The highest BCUT2D eigenvalue weighted by atomic mass is 35.5. The largest absolute Gasteiger partial charge is 0.505 e. The van der Waals surface area contributed by atoms with Crippen molar-refractivity contribution < 1.29 is 24.5 Å². The third-order valence-electron chi connectivity index (χ3n) is 6.38. The summed E-state index contributed by atoms with van der Waals surface area (Å²) in [5.74, 6) is -0.991. The van der Waals surface area contributed by atoms with Gasteiger partial charge in [-0.25, -0.2) is 4.79 Å². The number of urea groups is 1. The van der Waals surface area contributed by atoms with Gasteiger partial charge in [-0.05, 0) is 49.1 Å². The van der Waals surface area contributed by atoms with Crippen LogP contribution in [0.15, 0.2) is 59.7 Å². The molecule has 39 heavy (non-hydrogen) atoms. The molecule has 0 fully saturated rings. The number of aliphatic carboxylic acids is 1. The normalized spacial score (nSPS) is 11.8. The molecular weight excluding hydrogens is 524 g/mol. The molecule has 0 aliphatic rings. The lowest BCUT2D eigenvalue weighted by Gasteiger charge is -2.20. The van der Waals surface area contributed by atoms with Crippen LogP contribution in [0.4, 0.5) is 10.5 Å². The number of hydrogen-bond acceptors (Lipinski definition) is 5. The second-order valence-electron chi connectivity index (χ2n) is 9.11. The summed E-state index contributed by atoms with van der Waals surface area (Å²) in [5.41, 5.74) is 1.35. The zero-order chi connectivity index (χ0) is 28.3. The second-order valence-corrected chi connectivity index (χ2v) is 9.52. The van der Waals surface area contributed by atoms with Crippen LogP contribution in [-0.2, 0) is 18.4 Å². The number of rotatable bonds is 9. The zero-order valence-corrected chi connectivity index (χ0v) is 22.5. The van der Waals surface area contributed by atoms with E-state index in [2.05, 4.69) is 10.6 Å². The fraction of sp³-hybridized carbons (Fsp3) is 0.250. The molecule has 0 radical (unpaired) electrons. The molecule has 0 aliphatic heterocycles. The summed E-state index contributed by atoms with van der Waals surface area (Å²) in [6.45, 7) is 3.85. The number of aryl methyl sites for hydroxylation is 2. The molecule has 0 bridgehead atoms. The first-order valence-corrected chi connectivity index (χ1v) is 12.6. The molecule has 0 aliphatic carbocycles. The van der Waals surface area contributed by atoms with Crippen molar-refractivity contribution in [3.8, 4) is 11.5 Å². The Bertz CT molecular complexity index is 1610. The summed E-state index contributed by atoms with van der Waals surface area (Å²) in [6.07, 6.45) is 2.95. The van der Waals surface area contributed by atoms with E-state index < -0.39 is 29.4 Å². The van der Waals surface area contributed by atoms with E-state index in [4.69, 9.17) is 16.3 Å². The van der Waals surface area contributed by atoms with Crippen molar-refractivity contribution in [2.45, 2.75) is 32.9 Å². The summed E-state index contributed by atoms with van der Waals surface area (Å²) in [5, 5.41) is 26.5. The standard InChI is InChI=1S/C28H29ClN4O6/c1-4-39-23-7-5-6-20(29)19(23)15-33-14-16(2)26(36)25(27(33)37)31-28(38)30-21(13-24(34)35)18-9-8-17-10-11-32(3)22(17)12-18/h5-12,14,21,36H,4,13,15H2,1-3H3,(H,34,35)(H2,30,31,38)/t21-/m0/s1. The van der Waals surface area contributed by atoms with Gasteiger partial charge in [0.2, 0.25) is 0 Å². The summed E-state index contributed by atoms with van der Waals surface area (Å²) in [6, 6.07) is 10.7. The number of ether oxygens (including phenoxy) is 1. The maximum atomic E-state index is 13.3. The van der Waals surface area contributed by atoms with Crippen LogP contribution >= 0.6 is 11.6 Å². The Morgan fingerprint density at radius 1 is 1.18 bits per heavy atom. The maximum Gasteiger partial charge on any atom is 0.319 e. The molecule has 2 aromatic carbocycles. The topological polar surface area (TPSA) is 135 Å². The predicted molar refractivity (Wildman–Crippen MR) is 149 cm³/mol. The lowest BCUT2D eigenvalue weighted by atomic mass is 10.0. The van der Waals surface area contributed by atoms with E-state index in [1.165, 1.54) is 10.8 Å². The lowest BCUT2D eigenvalue weighted by molar-refractivity contribution is -0.137. The van der Waals surface area contributed by atoms with Gasteiger partial charge in [-0.15, -0.1) is 0 Å². The quantitative estimate of drug-likeness (QED) is 0.236. The minimum absolute atomic E-state index is 0.0313. The van der Waals surface area contributed by atoms with E-state index in [0.717, 1.165) is 10.9 Å². The first kappa shape index (κ1) is 27.6. The Morgan fingerprint density at radius 3 is 2.67 bits per heavy atom. The van der Waals surface area contributed by atoms with Gasteiger partial charge >= 0.3 is 12.0 Å². The highest BCUT2D eigenvalue weighted by molar-refractivity contribution is 6.31. The van der Waals surface area contributed by atoms with Gasteiger partial charge in [0.25, 0.3) is 5.56 Å².